The van der Waals surface area contributed by atoms with Gasteiger partial charge in [-0.2, -0.15) is 0 Å². The molecule has 1 aromatic carbocycles. The summed E-state index contributed by atoms with van der Waals surface area (Å²) in [6.45, 7) is 0. The minimum atomic E-state index is -3.73. The lowest BCUT2D eigenvalue weighted by Gasteiger charge is -2.04. The van der Waals surface area contributed by atoms with Gasteiger partial charge in [-0.3, -0.25) is 9.52 Å². The summed E-state index contributed by atoms with van der Waals surface area (Å²) in [6.07, 6.45) is -0.00429. The van der Waals surface area contributed by atoms with Crippen molar-refractivity contribution in [3.05, 3.63) is 40.4 Å². The molecule has 0 saturated carbocycles. The van der Waals surface area contributed by atoms with Gasteiger partial charge < -0.3 is 4.74 Å². The van der Waals surface area contributed by atoms with E-state index < -0.39 is 16.0 Å². The van der Waals surface area contributed by atoms with Gasteiger partial charge in [-0.1, -0.05) is 11.6 Å². The number of sulfonamides is 1. The highest BCUT2D eigenvalue weighted by atomic mass is 35.5. The van der Waals surface area contributed by atoms with Crippen molar-refractivity contribution < 1.29 is 17.9 Å². The fraction of sp³-hybridized carbons (Fsp3) is 0.167. The lowest BCUT2D eigenvalue weighted by molar-refractivity contribution is -0.139. The molecular formula is C12H11ClN2O4S2. The second kappa shape index (κ2) is 6.42. The smallest absolute Gasteiger partial charge is 0.311 e. The van der Waals surface area contributed by atoms with Gasteiger partial charge in [0.05, 0.1) is 24.1 Å². The third-order valence-corrected chi connectivity index (χ3v) is 4.99. The quantitative estimate of drug-likeness (QED) is 0.840. The van der Waals surface area contributed by atoms with E-state index in [1.807, 2.05) is 0 Å². The number of hydrogen-bond acceptors (Lipinski definition) is 6. The predicted octanol–water partition coefficient (Wildman–Crippen LogP) is 2.31. The van der Waals surface area contributed by atoms with Crippen molar-refractivity contribution in [2.45, 2.75) is 11.3 Å². The van der Waals surface area contributed by atoms with Gasteiger partial charge in [-0.25, -0.2) is 13.4 Å². The summed E-state index contributed by atoms with van der Waals surface area (Å²) in [5, 5.41) is 2.23. The topological polar surface area (TPSA) is 85.4 Å². The van der Waals surface area contributed by atoms with Crippen LogP contribution in [0.25, 0.3) is 0 Å². The van der Waals surface area contributed by atoms with E-state index in [0.717, 1.165) is 11.3 Å². The van der Waals surface area contributed by atoms with Crippen molar-refractivity contribution >= 4 is 44.1 Å². The molecular weight excluding hydrogens is 336 g/mol. The van der Waals surface area contributed by atoms with Crippen LogP contribution in [0.15, 0.2) is 34.5 Å². The summed E-state index contributed by atoms with van der Waals surface area (Å²) in [4.78, 5) is 15.2. The van der Waals surface area contributed by atoms with Crippen molar-refractivity contribution in [2.75, 3.05) is 11.8 Å². The molecule has 9 heteroatoms. The number of carbonyl (C=O) groups is 1. The number of rotatable bonds is 5. The maximum absolute atomic E-state index is 12.1. The molecule has 6 nitrogen and oxygen atoms in total. The van der Waals surface area contributed by atoms with Gasteiger partial charge in [-0.15, -0.1) is 11.3 Å². The zero-order valence-electron chi connectivity index (χ0n) is 10.9. The number of aromatic nitrogens is 1. The van der Waals surface area contributed by atoms with Crippen molar-refractivity contribution in [1.29, 1.82) is 0 Å². The van der Waals surface area contributed by atoms with Gasteiger partial charge in [0.1, 0.15) is 0 Å². The van der Waals surface area contributed by atoms with Gasteiger partial charge in [0.2, 0.25) is 0 Å². The fourth-order valence-electron chi connectivity index (χ4n) is 1.44. The van der Waals surface area contributed by atoms with Crippen molar-refractivity contribution in [3.63, 3.8) is 0 Å². The second-order valence-electron chi connectivity index (χ2n) is 3.96. The van der Waals surface area contributed by atoms with Crippen LogP contribution in [0.3, 0.4) is 0 Å². The third kappa shape index (κ3) is 4.16. The molecule has 2 rings (SSSR count). The molecule has 1 aromatic heterocycles. The number of esters is 1. The fourth-order valence-corrected chi connectivity index (χ4v) is 3.53. The highest BCUT2D eigenvalue weighted by Gasteiger charge is 2.16. The zero-order chi connectivity index (χ0) is 15.5. The molecule has 0 saturated heterocycles. The minimum absolute atomic E-state index is 0.00429. The van der Waals surface area contributed by atoms with Crippen LogP contribution in [0.4, 0.5) is 5.13 Å². The number of hydrogen-bond donors (Lipinski definition) is 1. The average molecular weight is 347 g/mol. The highest BCUT2D eigenvalue weighted by molar-refractivity contribution is 7.93. The highest BCUT2D eigenvalue weighted by Crippen LogP contribution is 2.21. The van der Waals surface area contributed by atoms with Crippen LogP contribution >= 0.6 is 22.9 Å². The molecule has 21 heavy (non-hydrogen) atoms. The third-order valence-electron chi connectivity index (χ3n) is 2.45. The molecule has 0 aliphatic rings. The monoisotopic (exact) mass is 346 g/mol. The molecule has 0 unspecified atom stereocenters. The summed E-state index contributed by atoms with van der Waals surface area (Å²) in [5.41, 5.74) is 0.445. The predicted molar refractivity (Wildman–Crippen MR) is 80.1 cm³/mol. The van der Waals surface area contributed by atoms with E-state index >= 15 is 0 Å². The van der Waals surface area contributed by atoms with E-state index in [9.17, 15) is 13.2 Å². The van der Waals surface area contributed by atoms with Crippen LogP contribution in [-0.2, 0) is 26.0 Å². The molecule has 1 heterocycles. The Labute approximate surface area is 130 Å². The average Bonchev–Trinajstić information content (AvgIpc) is 2.85. The summed E-state index contributed by atoms with van der Waals surface area (Å²) in [6, 6.07) is 5.77. The van der Waals surface area contributed by atoms with E-state index in [1.54, 1.807) is 5.38 Å². The Bertz CT molecular complexity index is 741. The van der Waals surface area contributed by atoms with Crippen molar-refractivity contribution in [3.8, 4) is 0 Å². The van der Waals surface area contributed by atoms with Gasteiger partial charge in [0, 0.05) is 10.4 Å². The van der Waals surface area contributed by atoms with Crippen LogP contribution in [0.1, 0.15) is 5.69 Å². The van der Waals surface area contributed by atoms with Crippen molar-refractivity contribution in [1.82, 2.24) is 4.98 Å². The lowest BCUT2D eigenvalue weighted by atomic mass is 10.3. The first-order chi connectivity index (χ1) is 9.90. The number of nitrogens with one attached hydrogen (secondary N) is 1. The Hall–Kier alpha value is -1.64. The Balaban J connectivity index is 2.14. The molecule has 0 bridgehead atoms. The largest absolute Gasteiger partial charge is 0.469 e. The first-order valence-corrected chi connectivity index (χ1v) is 8.44. The molecule has 2 aromatic rings. The van der Waals surface area contributed by atoms with Gasteiger partial charge >= 0.3 is 5.97 Å². The lowest BCUT2D eigenvalue weighted by Crippen LogP contribution is -2.13. The Kier molecular flexibility index (Phi) is 4.81. The molecule has 0 aliphatic heterocycles. The van der Waals surface area contributed by atoms with E-state index in [1.165, 1.54) is 31.4 Å². The number of methoxy groups -OCH3 is 1. The standard InChI is InChI=1S/C12H11ClN2O4S2/c1-19-11(16)6-9-7-20-12(14-9)15-21(17,18)10-4-2-8(13)3-5-10/h2-5,7H,6H2,1H3,(H,14,15). The number of anilines is 1. The maximum Gasteiger partial charge on any atom is 0.311 e. The first-order valence-electron chi connectivity index (χ1n) is 5.70. The van der Waals surface area contributed by atoms with Gasteiger partial charge in [-0.05, 0) is 24.3 Å². The molecule has 0 atom stereocenters. The molecule has 0 radical (unpaired) electrons. The van der Waals surface area contributed by atoms with Crippen molar-refractivity contribution in [2.24, 2.45) is 0 Å². The van der Waals surface area contributed by atoms with E-state index in [2.05, 4.69) is 14.4 Å². The van der Waals surface area contributed by atoms with Crippen LogP contribution in [-0.4, -0.2) is 26.5 Å². The molecule has 1 N–H and O–H groups in total. The Morgan fingerprint density at radius 1 is 1.38 bits per heavy atom. The Morgan fingerprint density at radius 2 is 2.05 bits per heavy atom. The summed E-state index contributed by atoms with van der Waals surface area (Å²) >= 11 is 6.81. The Morgan fingerprint density at radius 3 is 2.67 bits per heavy atom. The summed E-state index contributed by atoms with van der Waals surface area (Å²) < 4.78 is 31.1. The minimum Gasteiger partial charge on any atom is -0.469 e. The zero-order valence-corrected chi connectivity index (χ0v) is 13.3. The number of nitrogens with zero attached hydrogens (tertiary/aromatic N) is 1. The number of halogens is 1. The number of thiazole rings is 1. The molecule has 112 valence electrons. The van der Waals surface area contributed by atoms with Gasteiger partial charge in [0.15, 0.2) is 5.13 Å². The number of benzene rings is 1. The maximum atomic E-state index is 12.1. The molecule has 0 fully saturated rings. The number of carbonyl (C=O) groups excluding carboxylic acids is 1. The van der Waals surface area contributed by atoms with Crippen LogP contribution in [0, 0.1) is 0 Å². The van der Waals surface area contributed by atoms with E-state index in [-0.39, 0.29) is 16.4 Å². The normalized spacial score (nSPS) is 11.1. The molecule has 0 spiro atoms. The molecule has 0 amide bonds. The number of ether oxygens (including phenoxy) is 1. The summed E-state index contributed by atoms with van der Waals surface area (Å²) in [7, 11) is -2.45. The van der Waals surface area contributed by atoms with Gasteiger partial charge in [0.25, 0.3) is 10.0 Å². The van der Waals surface area contributed by atoms with Crippen LogP contribution in [0.5, 0.6) is 0 Å². The second-order valence-corrected chi connectivity index (χ2v) is 6.93. The molecule has 0 aliphatic carbocycles. The summed E-state index contributed by atoms with van der Waals surface area (Å²) in [5.74, 6) is -0.438. The van der Waals surface area contributed by atoms with E-state index in [0.29, 0.717) is 10.7 Å². The van der Waals surface area contributed by atoms with Crippen LogP contribution < -0.4 is 4.72 Å². The first kappa shape index (κ1) is 15.7. The SMILES string of the molecule is COC(=O)Cc1csc(NS(=O)(=O)c2ccc(Cl)cc2)n1. The van der Waals surface area contributed by atoms with Crippen LogP contribution in [0.2, 0.25) is 5.02 Å². The van der Waals surface area contributed by atoms with E-state index in [4.69, 9.17) is 11.6 Å².